The first-order valence-corrected chi connectivity index (χ1v) is 6.35. The SMILES string of the molecule is Cn1cccc1C(=O)COCc1ccc2c(c1)OCO2. The minimum absolute atomic E-state index is 0.0294. The third-order valence-electron chi connectivity index (χ3n) is 3.17. The number of aryl methyl sites for hydroxylation is 1. The third-order valence-corrected chi connectivity index (χ3v) is 3.17. The fraction of sp³-hybridized carbons (Fsp3) is 0.267. The molecule has 0 saturated carbocycles. The van der Waals surface area contributed by atoms with Gasteiger partial charge in [-0.05, 0) is 29.8 Å². The van der Waals surface area contributed by atoms with Crippen LogP contribution in [0, 0.1) is 0 Å². The fourth-order valence-electron chi connectivity index (χ4n) is 2.12. The number of benzene rings is 1. The van der Waals surface area contributed by atoms with Crippen LogP contribution in [-0.4, -0.2) is 23.8 Å². The molecule has 1 aliphatic heterocycles. The fourth-order valence-corrected chi connectivity index (χ4v) is 2.12. The average Bonchev–Trinajstić information content (AvgIpc) is 3.06. The third kappa shape index (κ3) is 2.53. The molecule has 0 radical (unpaired) electrons. The van der Waals surface area contributed by atoms with Crippen molar-refractivity contribution in [2.75, 3.05) is 13.4 Å². The predicted molar refractivity (Wildman–Crippen MR) is 72.0 cm³/mol. The van der Waals surface area contributed by atoms with Crippen molar-refractivity contribution in [2.24, 2.45) is 7.05 Å². The van der Waals surface area contributed by atoms with Crippen LogP contribution in [0.15, 0.2) is 36.5 Å². The average molecular weight is 273 g/mol. The smallest absolute Gasteiger partial charge is 0.231 e. The minimum Gasteiger partial charge on any atom is -0.454 e. The maximum Gasteiger partial charge on any atom is 0.231 e. The molecule has 0 amide bonds. The van der Waals surface area contributed by atoms with Crippen molar-refractivity contribution in [1.29, 1.82) is 0 Å². The molecule has 0 bridgehead atoms. The van der Waals surface area contributed by atoms with Crippen LogP contribution in [0.1, 0.15) is 16.1 Å². The second-order valence-corrected chi connectivity index (χ2v) is 4.61. The molecule has 20 heavy (non-hydrogen) atoms. The van der Waals surface area contributed by atoms with Gasteiger partial charge in [-0.25, -0.2) is 0 Å². The molecule has 5 nitrogen and oxygen atoms in total. The van der Waals surface area contributed by atoms with Crippen LogP contribution in [0.2, 0.25) is 0 Å². The van der Waals surface area contributed by atoms with E-state index in [9.17, 15) is 4.79 Å². The molecule has 1 aromatic carbocycles. The van der Waals surface area contributed by atoms with Gasteiger partial charge in [0, 0.05) is 13.2 Å². The van der Waals surface area contributed by atoms with Crippen LogP contribution in [-0.2, 0) is 18.4 Å². The van der Waals surface area contributed by atoms with E-state index in [1.807, 2.05) is 37.5 Å². The molecule has 2 heterocycles. The molecule has 0 fully saturated rings. The Balaban J connectivity index is 1.55. The summed E-state index contributed by atoms with van der Waals surface area (Å²) in [4.78, 5) is 11.9. The summed E-state index contributed by atoms with van der Waals surface area (Å²) in [6.07, 6.45) is 1.84. The van der Waals surface area contributed by atoms with Gasteiger partial charge in [0.15, 0.2) is 11.5 Å². The Morgan fingerprint density at radius 2 is 2.15 bits per heavy atom. The molecular formula is C15H15NO4. The van der Waals surface area contributed by atoms with Crippen LogP contribution in [0.5, 0.6) is 11.5 Å². The zero-order valence-corrected chi connectivity index (χ0v) is 11.2. The molecule has 0 spiro atoms. The standard InChI is InChI=1S/C15H15NO4/c1-16-6-2-3-12(16)13(17)9-18-8-11-4-5-14-15(7-11)20-10-19-14/h2-7H,8-10H2,1H3. The number of ketones is 1. The summed E-state index contributed by atoms with van der Waals surface area (Å²) < 4.78 is 17.8. The first kappa shape index (κ1) is 12.7. The highest BCUT2D eigenvalue weighted by Crippen LogP contribution is 2.32. The first-order chi connectivity index (χ1) is 9.74. The van der Waals surface area contributed by atoms with Gasteiger partial charge in [-0.1, -0.05) is 6.07 Å². The van der Waals surface area contributed by atoms with Crippen LogP contribution < -0.4 is 9.47 Å². The number of hydrogen-bond acceptors (Lipinski definition) is 4. The Hall–Kier alpha value is -2.27. The zero-order chi connectivity index (χ0) is 13.9. The number of hydrogen-bond donors (Lipinski definition) is 0. The van der Waals surface area contributed by atoms with Crippen molar-refractivity contribution >= 4 is 5.78 Å². The van der Waals surface area contributed by atoms with Gasteiger partial charge in [0.1, 0.15) is 6.61 Å². The summed E-state index contributed by atoms with van der Waals surface area (Å²) in [6, 6.07) is 9.24. The van der Waals surface area contributed by atoms with Crippen molar-refractivity contribution in [3.05, 3.63) is 47.8 Å². The monoisotopic (exact) mass is 273 g/mol. The van der Waals surface area contributed by atoms with E-state index < -0.39 is 0 Å². The second-order valence-electron chi connectivity index (χ2n) is 4.61. The maximum absolute atomic E-state index is 11.9. The summed E-state index contributed by atoms with van der Waals surface area (Å²) in [5.41, 5.74) is 1.60. The Labute approximate surface area is 116 Å². The lowest BCUT2D eigenvalue weighted by molar-refractivity contribution is 0.0718. The first-order valence-electron chi connectivity index (χ1n) is 6.35. The molecule has 0 unspecified atom stereocenters. The number of aromatic nitrogens is 1. The summed E-state index contributed by atoms with van der Waals surface area (Å²) in [6.45, 7) is 0.685. The lowest BCUT2D eigenvalue weighted by atomic mass is 10.2. The summed E-state index contributed by atoms with van der Waals surface area (Å²) in [5.74, 6) is 1.44. The maximum atomic E-state index is 11.9. The Kier molecular flexibility index (Phi) is 3.43. The van der Waals surface area contributed by atoms with E-state index >= 15 is 0 Å². The van der Waals surface area contributed by atoms with E-state index in [2.05, 4.69) is 0 Å². The lowest BCUT2D eigenvalue weighted by Gasteiger charge is -2.06. The van der Waals surface area contributed by atoms with Gasteiger partial charge in [-0.15, -0.1) is 0 Å². The molecule has 1 aliphatic rings. The van der Waals surface area contributed by atoms with Crippen LogP contribution in [0.25, 0.3) is 0 Å². The van der Waals surface area contributed by atoms with Crippen molar-refractivity contribution in [3.8, 4) is 11.5 Å². The van der Waals surface area contributed by atoms with E-state index in [0.717, 1.165) is 17.1 Å². The minimum atomic E-state index is -0.0294. The predicted octanol–water partition coefficient (Wildman–Crippen LogP) is 2.15. The number of nitrogens with zero attached hydrogens (tertiary/aromatic N) is 1. The van der Waals surface area contributed by atoms with Gasteiger partial charge in [0.2, 0.25) is 12.6 Å². The lowest BCUT2D eigenvalue weighted by Crippen LogP contribution is -2.12. The molecule has 0 atom stereocenters. The Morgan fingerprint density at radius 3 is 2.95 bits per heavy atom. The van der Waals surface area contributed by atoms with E-state index in [1.165, 1.54) is 0 Å². The van der Waals surface area contributed by atoms with Gasteiger partial charge in [0.05, 0.1) is 12.3 Å². The van der Waals surface area contributed by atoms with E-state index in [0.29, 0.717) is 12.3 Å². The normalized spacial score (nSPS) is 12.7. The number of Topliss-reactive ketones (excluding diaryl/α,β-unsaturated/α-hetero) is 1. The van der Waals surface area contributed by atoms with E-state index in [1.54, 1.807) is 10.6 Å². The highest BCUT2D eigenvalue weighted by Gasteiger charge is 2.14. The molecule has 3 rings (SSSR count). The van der Waals surface area contributed by atoms with Crippen molar-refractivity contribution in [1.82, 2.24) is 4.57 Å². The van der Waals surface area contributed by atoms with Crippen LogP contribution >= 0.6 is 0 Å². The molecule has 5 heteroatoms. The van der Waals surface area contributed by atoms with Crippen molar-refractivity contribution < 1.29 is 19.0 Å². The molecule has 0 aliphatic carbocycles. The molecule has 0 N–H and O–H groups in total. The van der Waals surface area contributed by atoms with Crippen LogP contribution in [0.4, 0.5) is 0 Å². The number of carbonyl (C=O) groups excluding carboxylic acids is 1. The largest absolute Gasteiger partial charge is 0.454 e. The van der Waals surface area contributed by atoms with Gasteiger partial charge in [-0.2, -0.15) is 0 Å². The van der Waals surface area contributed by atoms with Crippen molar-refractivity contribution in [2.45, 2.75) is 6.61 Å². The summed E-state index contributed by atoms with van der Waals surface area (Å²) in [5, 5.41) is 0. The molecule has 104 valence electrons. The summed E-state index contributed by atoms with van der Waals surface area (Å²) >= 11 is 0. The number of ether oxygens (including phenoxy) is 3. The van der Waals surface area contributed by atoms with E-state index in [4.69, 9.17) is 14.2 Å². The Bertz CT molecular complexity index is 633. The van der Waals surface area contributed by atoms with Gasteiger partial charge >= 0.3 is 0 Å². The van der Waals surface area contributed by atoms with E-state index in [-0.39, 0.29) is 19.2 Å². The second kappa shape index (κ2) is 5.38. The zero-order valence-electron chi connectivity index (χ0n) is 11.2. The van der Waals surface area contributed by atoms with Crippen LogP contribution in [0.3, 0.4) is 0 Å². The summed E-state index contributed by atoms with van der Waals surface area (Å²) in [7, 11) is 1.84. The quantitative estimate of drug-likeness (QED) is 0.783. The number of carbonyl (C=O) groups is 1. The molecule has 2 aromatic rings. The highest BCUT2D eigenvalue weighted by molar-refractivity contribution is 5.95. The Morgan fingerprint density at radius 1 is 1.30 bits per heavy atom. The topological polar surface area (TPSA) is 49.7 Å². The molecule has 0 saturated heterocycles. The number of fused-ring (bicyclic) bond motifs is 1. The van der Waals surface area contributed by atoms with Crippen molar-refractivity contribution in [3.63, 3.8) is 0 Å². The number of rotatable bonds is 5. The molecular weight excluding hydrogens is 258 g/mol. The van der Waals surface area contributed by atoms with Gasteiger partial charge in [0.25, 0.3) is 0 Å². The highest BCUT2D eigenvalue weighted by atomic mass is 16.7. The van der Waals surface area contributed by atoms with Gasteiger partial charge < -0.3 is 18.8 Å². The molecule has 1 aromatic heterocycles. The van der Waals surface area contributed by atoms with Gasteiger partial charge in [-0.3, -0.25) is 4.79 Å².